The quantitative estimate of drug-likeness (QED) is 0.267. The molecule has 0 spiro atoms. The van der Waals surface area contributed by atoms with Crippen molar-refractivity contribution in [1.82, 2.24) is 16.1 Å². The Hall–Kier alpha value is -0.0000000000000000763. The van der Waals surface area contributed by atoms with Crippen LogP contribution in [0.25, 0.3) is 0 Å². The number of halogens is 2. The lowest BCUT2D eigenvalue weighted by molar-refractivity contribution is 0.129. The molecule has 0 fully saturated rings. The number of alkyl halides is 1. The average Bonchev–Trinajstić information content (AvgIpc) is 1.59. The molecule has 6 heteroatoms. The molecule has 0 bridgehead atoms. The first kappa shape index (κ1) is 7.11. The third-order valence-corrected chi connectivity index (χ3v) is 1.22. The van der Waals surface area contributed by atoms with E-state index in [9.17, 15) is 0 Å². The molecule has 0 aromatic rings. The molecule has 0 saturated heterocycles. The molecule has 1 aliphatic heterocycles. The smallest absolute Gasteiger partial charge is 0.120 e. The van der Waals surface area contributed by atoms with Gasteiger partial charge in [0, 0.05) is 0 Å². The zero-order chi connectivity index (χ0) is 6.85. The maximum atomic E-state index is 5.57. The summed E-state index contributed by atoms with van der Waals surface area (Å²) in [5.74, 6) is 5.22. The second-order valence-electron chi connectivity index (χ2n) is 1.53. The van der Waals surface area contributed by atoms with E-state index < -0.39 is 0 Å². The summed E-state index contributed by atoms with van der Waals surface area (Å²) in [5, 5.41) is 1.51. The van der Waals surface area contributed by atoms with Crippen molar-refractivity contribution in [2.24, 2.45) is 5.84 Å². The van der Waals surface area contributed by atoms with Gasteiger partial charge in [-0.25, -0.2) is 11.3 Å². The van der Waals surface area contributed by atoms with E-state index in [4.69, 9.17) is 29.0 Å². The van der Waals surface area contributed by atoms with Gasteiger partial charge in [-0.1, -0.05) is 28.4 Å². The number of rotatable bonds is 0. The SMILES string of the molecule is NN1NC(Cl)=CC(Cl)N1. The molecule has 4 nitrogen and oxygen atoms in total. The molecule has 0 amide bonds. The van der Waals surface area contributed by atoms with Crippen LogP contribution in [0.4, 0.5) is 0 Å². The number of hydrogen-bond acceptors (Lipinski definition) is 4. The minimum Gasteiger partial charge on any atom is -0.282 e. The number of nitrogens with one attached hydrogen (secondary N) is 2. The highest BCUT2D eigenvalue weighted by Gasteiger charge is 2.11. The second-order valence-corrected chi connectivity index (χ2v) is 2.40. The zero-order valence-corrected chi connectivity index (χ0v) is 5.95. The van der Waals surface area contributed by atoms with Crippen molar-refractivity contribution in [3.63, 3.8) is 0 Å². The van der Waals surface area contributed by atoms with Gasteiger partial charge in [0.05, 0.1) is 0 Å². The Morgan fingerprint density at radius 2 is 2.44 bits per heavy atom. The molecule has 0 saturated carbocycles. The first-order chi connectivity index (χ1) is 4.18. The summed E-state index contributed by atoms with van der Waals surface area (Å²) in [6.07, 6.45) is 1.59. The van der Waals surface area contributed by atoms with E-state index in [0.29, 0.717) is 5.16 Å². The van der Waals surface area contributed by atoms with E-state index in [-0.39, 0.29) is 5.50 Å². The van der Waals surface area contributed by atoms with Gasteiger partial charge in [0.15, 0.2) is 0 Å². The Bertz CT molecular complexity index is 136. The number of nitrogens with two attached hydrogens (primary N) is 1. The van der Waals surface area contributed by atoms with E-state index in [1.165, 1.54) is 0 Å². The molecular formula is C3H6Cl2N4. The summed E-state index contributed by atoms with van der Waals surface area (Å²) in [4.78, 5) is 0. The van der Waals surface area contributed by atoms with Gasteiger partial charge in [0.2, 0.25) is 0 Å². The summed E-state index contributed by atoms with van der Waals surface area (Å²) in [6, 6.07) is 0. The molecule has 1 aliphatic rings. The topological polar surface area (TPSA) is 53.3 Å². The summed E-state index contributed by atoms with van der Waals surface area (Å²) in [5.41, 5.74) is 4.82. The van der Waals surface area contributed by atoms with Crippen LogP contribution in [-0.4, -0.2) is 10.7 Å². The van der Waals surface area contributed by atoms with Gasteiger partial charge >= 0.3 is 0 Å². The summed E-state index contributed by atoms with van der Waals surface area (Å²) >= 11 is 11.1. The molecule has 0 radical (unpaired) electrons. The van der Waals surface area contributed by atoms with Crippen LogP contribution in [0.3, 0.4) is 0 Å². The highest BCUT2D eigenvalue weighted by molar-refractivity contribution is 6.30. The van der Waals surface area contributed by atoms with Gasteiger partial charge in [-0.05, 0) is 6.08 Å². The highest BCUT2D eigenvalue weighted by atomic mass is 35.5. The van der Waals surface area contributed by atoms with Crippen LogP contribution in [0.1, 0.15) is 0 Å². The summed E-state index contributed by atoms with van der Waals surface area (Å²) < 4.78 is 0. The highest BCUT2D eigenvalue weighted by Crippen LogP contribution is 2.05. The van der Waals surface area contributed by atoms with E-state index in [2.05, 4.69) is 10.9 Å². The van der Waals surface area contributed by atoms with Crippen molar-refractivity contribution >= 4 is 23.2 Å². The second kappa shape index (κ2) is 2.72. The number of nitrogens with zero attached hydrogens (tertiary/aromatic N) is 1. The number of hydrazine groups is 3. The lowest BCUT2D eigenvalue weighted by Gasteiger charge is -2.25. The van der Waals surface area contributed by atoms with Crippen LogP contribution in [0.5, 0.6) is 0 Å². The van der Waals surface area contributed by atoms with Crippen molar-refractivity contribution in [3.8, 4) is 0 Å². The lowest BCUT2D eigenvalue weighted by atomic mass is 10.6. The molecule has 1 rings (SSSR count). The first-order valence-electron chi connectivity index (χ1n) is 2.27. The van der Waals surface area contributed by atoms with E-state index in [1.807, 2.05) is 0 Å². The Labute approximate surface area is 62.5 Å². The maximum absolute atomic E-state index is 5.57. The fraction of sp³-hybridized carbons (Fsp3) is 0.333. The molecular weight excluding hydrogens is 163 g/mol. The van der Waals surface area contributed by atoms with E-state index in [0.717, 1.165) is 5.23 Å². The molecule has 1 unspecified atom stereocenters. The fourth-order valence-corrected chi connectivity index (χ4v) is 0.996. The molecule has 1 heterocycles. The van der Waals surface area contributed by atoms with Crippen LogP contribution in [-0.2, 0) is 0 Å². The fourth-order valence-electron chi connectivity index (χ4n) is 0.483. The van der Waals surface area contributed by atoms with Crippen molar-refractivity contribution in [1.29, 1.82) is 0 Å². The normalized spacial score (nSPS) is 29.2. The molecule has 52 valence electrons. The average molecular weight is 169 g/mol. The van der Waals surface area contributed by atoms with E-state index in [1.54, 1.807) is 6.08 Å². The predicted molar refractivity (Wildman–Crippen MR) is 35.9 cm³/mol. The molecule has 1 atom stereocenters. The molecule has 0 aromatic carbocycles. The molecule has 9 heavy (non-hydrogen) atoms. The lowest BCUT2D eigenvalue weighted by Crippen LogP contribution is -2.56. The van der Waals surface area contributed by atoms with E-state index >= 15 is 0 Å². The molecule has 0 aromatic heterocycles. The van der Waals surface area contributed by atoms with Crippen molar-refractivity contribution in [2.45, 2.75) is 5.50 Å². The standard InChI is InChI=1S/C3H6Cl2N4/c4-2-1-3(5)8-9(6)7-2/h1-2,7-8H,6H2. The van der Waals surface area contributed by atoms with Gasteiger partial charge in [0.25, 0.3) is 0 Å². The number of hydrogen-bond donors (Lipinski definition) is 3. The Kier molecular flexibility index (Phi) is 2.15. The van der Waals surface area contributed by atoms with Crippen LogP contribution in [0.15, 0.2) is 11.2 Å². The Morgan fingerprint density at radius 3 is 2.89 bits per heavy atom. The van der Waals surface area contributed by atoms with Gasteiger partial charge in [-0.15, -0.1) is 0 Å². The summed E-state index contributed by atoms with van der Waals surface area (Å²) in [6.45, 7) is 0. The third kappa shape index (κ3) is 2.00. The van der Waals surface area contributed by atoms with Gasteiger partial charge < -0.3 is 0 Å². The van der Waals surface area contributed by atoms with Crippen molar-refractivity contribution in [3.05, 3.63) is 11.2 Å². The molecule has 0 aliphatic carbocycles. The van der Waals surface area contributed by atoms with Crippen LogP contribution in [0, 0.1) is 0 Å². The van der Waals surface area contributed by atoms with Crippen molar-refractivity contribution < 1.29 is 0 Å². The molecule has 4 N–H and O–H groups in total. The minimum atomic E-state index is -0.344. The Balaban J connectivity index is 2.56. The third-order valence-electron chi connectivity index (χ3n) is 0.782. The monoisotopic (exact) mass is 168 g/mol. The summed E-state index contributed by atoms with van der Waals surface area (Å²) in [7, 11) is 0. The van der Waals surface area contributed by atoms with Gasteiger partial charge in [-0.3, -0.25) is 5.43 Å². The van der Waals surface area contributed by atoms with Crippen molar-refractivity contribution in [2.75, 3.05) is 0 Å². The largest absolute Gasteiger partial charge is 0.282 e. The predicted octanol–water partition coefficient (Wildman–Crippen LogP) is -0.170. The minimum absolute atomic E-state index is 0.344. The van der Waals surface area contributed by atoms with Gasteiger partial charge in [-0.2, -0.15) is 0 Å². The van der Waals surface area contributed by atoms with Crippen LogP contribution >= 0.6 is 23.2 Å². The first-order valence-corrected chi connectivity index (χ1v) is 3.09. The van der Waals surface area contributed by atoms with Crippen LogP contribution < -0.4 is 16.7 Å². The zero-order valence-electron chi connectivity index (χ0n) is 4.44. The van der Waals surface area contributed by atoms with Crippen LogP contribution in [0.2, 0.25) is 0 Å². The van der Waals surface area contributed by atoms with Gasteiger partial charge in [0.1, 0.15) is 10.7 Å². The maximum Gasteiger partial charge on any atom is 0.120 e. The Morgan fingerprint density at radius 1 is 1.78 bits per heavy atom.